The van der Waals surface area contributed by atoms with E-state index in [1.807, 2.05) is 0 Å². The summed E-state index contributed by atoms with van der Waals surface area (Å²) in [4.78, 5) is 12.4. The van der Waals surface area contributed by atoms with Crippen molar-refractivity contribution in [2.45, 2.75) is 31.3 Å². The molecule has 1 aliphatic rings. The van der Waals surface area contributed by atoms with Gasteiger partial charge in [0.05, 0.1) is 11.3 Å². The molecule has 2 aromatic carbocycles. The topological polar surface area (TPSA) is 66.5 Å². The van der Waals surface area contributed by atoms with Gasteiger partial charge in [-0.15, -0.1) is 0 Å². The van der Waals surface area contributed by atoms with Crippen LogP contribution in [0.2, 0.25) is 5.02 Å². The molecule has 31 heavy (non-hydrogen) atoms. The number of alkyl halides is 3. The van der Waals surface area contributed by atoms with Crippen molar-refractivity contribution in [2.24, 2.45) is 5.92 Å². The van der Waals surface area contributed by atoms with Crippen LogP contribution in [-0.4, -0.2) is 31.7 Å². The standard InChI is InChI=1S/C21H22ClF3N2O3S/c22-19-6-4-15(5-7-19)14-31(29,30)27-10-8-17(9-11-27)20(28)26-13-16-2-1-3-18(12-16)21(23,24)25/h1-7,12,17H,8-11,13-14H2,(H,26,28). The Hall–Kier alpha value is -2.10. The second kappa shape index (κ2) is 9.58. The summed E-state index contributed by atoms with van der Waals surface area (Å²) in [5.74, 6) is -0.809. The molecular weight excluding hydrogens is 453 g/mol. The predicted molar refractivity (Wildman–Crippen MR) is 112 cm³/mol. The zero-order valence-electron chi connectivity index (χ0n) is 16.5. The first-order valence-corrected chi connectivity index (χ1v) is 11.7. The Labute approximate surface area is 184 Å². The summed E-state index contributed by atoms with van der Waals surface area (Å²) >= 11 is 5.82. The minimum absolute atomic E-state index is 0.0160. The Balaban J connectivity index is 1.51. The quantitative estimate of drug-likeness (QED) is 0.681. The maximum atomic E-state index is 12.8. The average molecular weight is 475 g/mol. The number of piperidine rings is 1. The molecule has 0 saturated carbocycles. The molecule has 2 aromatic rings. The van der Waals surface area contributed by atoms with Crippen LogP contribution < -0.4 is 5.32 Å². The number of carbonyl (C=O) groups excluding carboxylic acids is 1. The van der Waals surface area contributed by atoms with Crippen molar-refractivity contribution in [1.82, 2.24) is 9.62 Å². The number of sulfonamides is 1. The molecule has 0 atom stereocenters. The van der Waals surface area contributed by atoms with Crippen molar-refractivity contribution < 1.29 is 26.4 Å². The summed E-state index contributed by atoms with van der Waals surface area (Å²) in [5, 5.41) is 3.19. The molecule has 0 radical (unpaired) electrons. The van der Waals surface area contributed by atoms with E-state index in [0.717, 1.165) is 12.1 Å². The van der Waals surface area contributed by atoms with Gasteiger partial charge in [0.15, 0.2) is 0 Å². The van der Waals surface area contributed by atoms with Crippen molar-refractivity contribution in [3.05, 3.63) is 70.2 Å². The normalized spacial score (nSPS) is 16.3. The fraction of sp³-hybridized carbons (Fsp3) is 0.381. The second-order valence-corrected chi connectivity index (χ2v) is 9.88. The van der Waals surface area contributed by atoms with Gasteiger partial charge in [-0.25, -0.2) is 12.7 Å². The van der Waals surface area contributed by atoms with Crippen LogP contribution in [0, 0.1) is 5.92 Å². The maximum absolute atomic E-state index is 12.8. The summed E-state index contributed by atoms with van der Waals surface area (Å²) in [6.45, 7) is 0.424. The minimum atomic E-state index is -4.44. The minimum Gasteiger partial charge on any atom is -0.352 e. The number of nitrogens with zero attached hydrogens (tertiary/aromatic N) is 1. The lowest BCUT2D eigenvalue weighted by Gasteiger charge is -2.30. The first-order valence-electron chi connectivity index (χ1n) is 9.71. The van der Waals surface area contributed by atoms with Gasteiger partial charge in [-0.1, -0.05) is 35.9 Å². The predicted octanol–water partition coefficient (Wildman–Crippen LogP) is 4.22. The van der Waals surface area contributed by atoms with Crippen LogP contribution in [0.25, 0.3) is 0 Å². The Morgan fingerprint density at radius 1 is 1.06 bits per heavy atom. The Kier molecular flexibility index (Phi) is 7.28. The monoisotopic (exact) mass is 474 g/mol. The van der Waals surface area contributed by atoms with E-state index < -0.39 is 21.8 Å². The van der Waals surface area contributed by atoms with Crippen molar-refractivity contribution in [3.8, 4) is 0 Å². The maximum Gasteiger partial charge on any atom is 0.416 e. The number of carbonyl (C=O) groups is 1. The third-order valence-electron chi connectivity index (χ3n) is 5.20. The van der Waals surface area contributed by atoms with Crippen LogP contribution in [0.4, 0.5) is 13.2 Å². The summed E-state index contributed by atoms with van der Waals surface area (Å²) in [7, 11) is -3.52. The van der Waals surface area contributed by atoms with Crippen LogP contribution in [0.1, 0.15) is 29.5 Å². The molecule has 1 saturated heterocycles. The third kappa shape index (κ3) is 6.44. The molecule has 0 spiro atoms. The van der Waals surface area contributed by atoms with Gasteiger partial charge in [-0.2, -0.15) is 13.2 Å². The van der Waals surface area contributed by atoms with Crippen LogP contribution in [0.3, 0.4) is 0 Å². The average Bonchev–Trinajstić information content (AvgIpc) is 2.73. The van der Waals surface area contributed by atoms with E-state index in [2.05, 4.69) is 5.32 Å². The van der Waals surface area contributed by atoms with Crippen molar-refractivity contribution >= 4 is 27.5 Å². The molecule has 1 amide bonds. The molecule has 168 valence electrons. The zero-order chi connectivity index (χ0) is 22.6. The fourth-order valence-corrected chi connectivity index (χ4v) is 5.16. The molecule has 1 heterocycles. The van der Waals surface area contributed by atoms with Crippen molar-refractivity contribution in [1.29, 1.82) is 0 Å². The van der Waals surface area contributed by atoms with Crippen LogP contribution in [-0.2, 0) is 33.3 Å². The van der Waals surface area contributed by atoms with E-state index in [9.17, 15) is 26.4 Å². The van der Waals surface area contributed by atoms with Crippen LogP contribution in [0.15, 0.2) is 48.5 Å². The molecule has 3 rings (SSSR count). The van der Waals surface area contributed by atoms with Crippen molar-refractivity contribution in [3.63, 3.8) is 0 Å². The molecule has 0 aliphatic carbocycles. The number of hydrogen-bond acceptors (Lipinski definition) is 3. The molecule has 1 N–H and O–H groups in total. The van der Waals surface area contributed by atoms with Gasteiger partial charge in [0, 0.05) is 30.6 Å². The highest BCUT2D eigenvalue weighted by molar-refractivity contribution is 7.88. The summed E-state index contributed by atoms with van der Waals surface area (Å²) in [5.41, 5.74) is 0.218. The summed E-state index contributed by atoms with van der Waals surface area (Å²) in [6.07, 6.45) is -3.73. The van der Waals surface area contributed by atoms with Crippen LogP contribution in [0.5, 0.6) is 0 Å². The van der Waals surface area contributed by atoms with E-state index in [1.165, 1.54) is 16.4 Å². The lowest BCUT2D eigenvalue weighted by molar-refractivity contribution is -0.137. The Morgan fingerprint density at radius 2 is 1.71 bits per heavy atom. The van der Waals surface area contributed by atoms with Crippen molar-refractivity contribution in [2.75, 3.05) is 13.1 Å². The van der Waals surface area contributed by atoms with Gasteiger partial charge in [-0.3, -0.25) is 4.79 Å². The number of nitrogens with one attached hydrogen (secondary N) is 1. The molecule has 0 aromatic heterocycles. The van der Waals surface area contributed by atoms with Crippen LogP contribution >= 0.6 is 11.6 Å². The largest absolute Gasteiger partial charge is 0.416 e. The number of amides is 1. The second-order valence-electron chi connectivity index (χ2n) is 7.47. The van der Waals surface area contributed by atoms with Gasteiger partial charge >= 0.3 is 6.18 Å². The lowest BCUT2D eigenvalue weighted by atomic mass is 9.97. The van der Waals surface area contributed by atoms with Gasteiger partial charge in [0.25, 0.3) is 0 Å². The molecule has 0 bridgehead atoms. The summed E-state index contributed by atoms with van der Waals surface area (Å²) < 4.78 is 65.1. The van der Waals surface area contributed by atoms with E-state index in [-0.39, 0.29) is 37.2 Å². The number of hydrogen-bond donors (Lipinski definition) is 1. The van der Waals surface area contributed by atoms with Gasteiger partial charge < -0.3 is 5.32 Å². The Morgan fingerprint density at radius 3 is 2.32 bits per heavy atom. The van der Waals surface area contributed by atoms with E-state index >= 15 is 0 Å². The van der Waals surface area contributed by atoms with Gasteiger partial charge in [-0.05, 0) is 48.2 Å². The van der Waals surface area contributed by atoms with Gasteiger partial charge in [0.2, 0.25) is 15.9 Å². The van der Waals surface area contributed by atoms with E-state index in [1.54, 1.807) is 24.3 Å². The molecule has 1 aliphatic heterocycles. The zero-order valence-corrected chi connectivity index (χ0v) is 18.1. The SMILES string of the molecule is O=C(NCc1cccc(C(F)(F)F)c1)C1CCN(S(=O)(=O)Cc2ccc(Cl)cc2)CC1. The molecule has 10 heteroatoms. The number of rotatable bonds is 6. The first-order chi connectivity index (χ1) is 14.5. The molecule has 5 nitrogen and oxygen atoms in total. The molecule has 0 unspecified atom stereocenters. The number of halogens is 4. The lowest BCUT2D eigenvalue weighted by Crippen LogP contribution is -2.43. The Bertz CT molecular complexity index is 1020. The van der Waals surface area contributed by atoms with E-state index in [4.69, 9.17) is 11.6 Å². The number of benzene rings is 2. The van der Waals surface area contributed by atoms with Gasteiger partial charge in [0.1, 0.15) is 0 Å². The first kappa shape index (κ1) is 23.6. The molecular formula is C21H22ClF3N2O3S. The highest BCUT2D eigenvalue weighted by Crippen LogP contribution is 2.29. The third-order valence-corrected chi connectivity index (χ3v) is 7.30. The fourth-order valence-electron chi connectivity index (χ4n) is 3.47. The highest BCUT2D eigenvalue weighted by atomic mass is 35.5. The smallest absolute Gasteiger partial charge is 0.352 e. The molecule has 1 fully saturated rings. The summed E-state index contributed by atoms with van der Waals surface area (Å²) in [6, 6.07) is 11.4. The van der Waals surface area contributed by atoms with E-state index in [0.29, 0.717) is 29.0 Å². The highest BCUT2D eigenvalue weighted by Gasteiger charge is 2.32.